The third-order valence-electron chi connectivity index (χ3n) is 4.59. The van der Waals surface area contributed by atoms with Crippen LogP contribution in [0, 0.1) is 13.8 Å². The van der Waals surface area contributed by atoms with Gasteiger partial charge in [0.25, 0.3) is 5.91 Å². The van der Waals surface area contributed by atoms with E-state index in [-0.39, 0.29) is 17.7 Å². The van der Waals surface area contributed by atoms with E-state index in [4.69, 9.17) is 0 Å². The van der Waals surface area contributed by atoms with Crippen LogP contribution in [-0.4, -0.2) is 17.0 Å². The van der Waals surface area contributed by atoms with Crippen LogP contribution in [0.1, 0.15) is 29.7 Å². The maximum Gasteiger partial charge on any atom is 0.319 e. The standard InChI is InChI=1S/C20H21N3O3/c1-11-5-4-6-16(12(11)2)22-19(25)17-13(3)21-20(26)23-18(17)14-7-9-15(24)10-8-14/h4-10,18,24H,1-3H3,(H,22,25)(H2,21,23,26)/t18-/m1/s1. The van der Waals surface area contributed by atoms with Gasteiger partial charge < -0.3 is 21.1 Å². The minimum atomic E-state index is -0.602. The van der Waals surface area contributed by atoms with E-state index in [2.05, 4.69) is 16.0 Å². The molecule has 3 amide bonds. The third-order valence-corrected chi connectivity index (χ3v) is 4.59. The van der Waals surface area contributed by atoms with Gasteiger partial charge in [0.1, 0.15) is 5.75 Å². The van der Waals surface area contributed by atoms with Gasteiger partial charge in [-0.1, -0.05) is 24.3 Å². The number of phenolic OH excluding ortho intramolecular Hbond substituents is 1. The number of hydrogen-bond acceptors (Lipinski definition) is 3. The van der Waals surface area contributed by atoms with Crippen molar-refractivity contribution in [3.63, 3.8) is 0 Å². The zero-order valence-electron chi connectivity index (χ0n) is 14.9. The van der Waals surface area contributed by atoms with Crippen molar-refractivity contribution in [2.75, 3.05) is 5.32 Å². The zero-order valence-corrected chi connectivity index (χ0v) is 14.9. The van der Waals surface area contributed by atoms with E-state index in [1.54, 1.807) is 19.1 Å². The van der Waals surface area contributed by atoms with Crippen LogP contribution < -0.4 is 16.0 Å². The van der Waals surface area contributed by atoms with Crippen LogP contribution in [0.15, 0.2) is 53.7 Å². The SMILES string of the molecule is CC1=C(C(=O)Nc2cccc(C)c2C)[C@@H](c2ccc(O)cc2)NC(=O)N1. The highest BCUT2D eigenvalue weighted by Crippen LogP contribution is 2.29. The number of nitrogens with one attached hydrogen (secondary N) is 3. The number of carbonyl (C=O) groups excluding carboxylic acids is 2. The number of urea groups is 1. The van der Waals surface area contributed by atoms with E-state index in [1.807, 2.05) is 32.0 Å². The summed E-state index contributed by atoms with van der Waals surface area (Å²) in [4.78, 5) is 24.9. The third kappa shape index (κ3) is 3.39. The van der Waals surface area contributed by atoms with Gasteiger partial charge >= 0.3 is 6.03 Å². The monoisotopic (exact) mass is 351 g/mol. The summed E-state index contributed by atoms with van der Waals surface area (Å²) in [5.74, 6) is -0.169. The lowest BCUT2D eigenvalue weighted by molar-refractivity contribution is -0.113. The molecule has 4 N–H and O–H groups in total. The van der Waals surface area contributed by atoms with E-state index in [0.717, 1.165) is 16.8 Å². The number of allylic oxidation sites excluding steroid dienone is 1. The number of hydrogen-bond donors (Lipinski definition) is 4. The molecule has 0 saturated heterocycles. The minimum absolute atomic E-state index is 0.121. The largest absolute Gasteiger partial charge is 0.508 e. The van der Waals surface area contributed by atoms with Crippen LogP contribution in [0.25, 0.3) is 0 Å². The molecule has 0 unspecified atom stereocenters. The molecule has 6 heteroatoms. The molecule has 1 aliphatic rings. The highest BCUT2D eigenvalue weighted by Gasteiger charge is 2.31. The molecule has 3 rings (SSSR count). The quantitative estimate of drug-likeness (QED) is 0.684. The summed E-state index contributed by atoms with van der Waals surface area (Å²) in [6.07, 6.45) is 0. The fraction of sp³-hybridized carbons (Fsp3) is 0.200. The van der Waals surface area contributed by atoms with E-state index < -0.39 is 6.04 Å². The van der Waals surface area contributed by atoms with Crippen molar-refractivity contribution in [2.45, 2.75) is 26.8 Å². The number of aromatic hydroxyl groups is 1. The number of phenols is 1. The van der Waals surface area contributed by atoms with E-state index in [0.29, 0.717) is 16.8 Å². The highest BCUT2D eigenvalue weighted by atomic mass is 16.3. The number of aryl methyl sites for hydroxylation is 1. The van der Waals surface area contributed by atoms with Crippen molar-refractivity contribution in [1.29, 1.82) is 0 Å². The topological polar surface area (TPSA) is 90.5 Å². The van der Waals surface area contributed by atoms with Crippen LogP contribution >= 0.6 is 0 Å². The molecule has 0 spiro atoms. The Morgan fingerprint density at radius 2 is 1.77 bits per heavy atom. The Bertz CT molecular complexity index is 901. The Kier molecular flexibility index (Phi) is 4.67. The number of benzene rings is 2. The van der Waals surface area contributed by atoms with Gasteiger partial charge in [0.15, 0.2) is 0 Å². The lowest BCUT2D eigenvalue weighted by Gasteiger charge is -2.29. The fourth-order valence-electron chi connectivity index (χ4n) is 2.99. The number of rotatable bonds is 3. The first kappa shape index (κ1) is 17.5. The zero-order chi connectivity index (χ0) is 18.8. The molecular weight excluding hydrogens is 330 g/mol. The van der Waals surface area contributed by atoms with Crippen molar-refractivity contribution in [1.82, 2.24) is 10.6 Å². The van der Waals surface area contributed by atoms with Crippen LogP contribution in [-0.2, 0) is 4.79 Å². The second-order valence-electron chi connectivity index (χ2n) is 6.36. The molecule has 0 fully saturated rings. The van der Waals surface area contributed by atoms with E-state index >= 15 is 0 Å². The van der Waals surface area contributed by atoms with Crippen LogP contribution in [0.4, 0.5) is 10.5 Å². The molecule has 6 nitrogen and oxygen atoms in total. The van der Waals surface area contributed by atoms with Crippen LogP contribution in [0.3, 0.4) is 0 Å². The molecule has 1 heterocycles. The minimum Gasteiger partial charge on any atom is -0.508 e. The molecule has 0 saturated carbocycles. The number of anilines is 1. The molecule has 0 aromatic heterocycles. The predicted molar refractivity (Wildman–Crippen MR) is 99.8 cm³/mol. The normalized spacial score (nSPS) is 16.7. The second kappa shape index (κ2) is 6.92. The van der Waals surface area contributed by atoms with E-state index in [1.165, 1.54) is 12.1 Å². The van der Waals surface area contributed by atoms with E-state index in [9.17, 15) is 14.7 Å². The summed E-state index contributed by atoms with van der Waals surface area (Å²) in [6.45, 7) is 5.63. The molecule has 2 aromatic carbocycles. The summed E-state index contributed by atoms with van der Waals surface area (Å²) in [5.41, 5.74) is 4.44. The average Bonchev–Trinajstić information content (AvgIpc) is 2.59. The van der Waals surface area contributed by atoms with Gasteiger partial charge in [0.2, 0.25) is 0 Å². The molecule has 2 aromatic rings. The number of carbonyl (C=O) groups is 2. The van der Waals surface area contributed by atoms with Crippen LogP contribution in [0.5, 0.6) is 5.75 Å². The lowest BCUT2D eigenvalue weighted by atomic mass is 9.94. The Morgan fingerprint density at radius 3 is 2.46 bits per heavy atom. The van der Waals surface area contributed by atoms with Gasteiger partial charge in [-0.25, -0.2) is 4.79 Å². The van der Waals surface area contributed by atoms with Gasteiger partial charge in [-0.3, -0.25) is 4.79 Å². The Hall–Kier alpha value is -3.28. The van der Waals surface area contributed by atoms with Gasteiger partial charge in [-0.05, 0) is 55.7 Å². The first-order valence-corrected chi connectivity index (χ1v) is 8.31. The van der Waals surface area contributed by atoms with Crippen molar-refractivity contribution < 1.29 is 14.7 Å². The summed E-state index contributed by atoms with van der Waals surface area (Å²) in [6, 6.07) is 11.2. The summed E-state index contributed by atoms with van der Waals surface area (Å²) < 4.78 is 0. The molecule has 26 heavy (non-hydrogen) atoms. The molecule has 0 aliphatic carbocycles. The van der Waals surface area contributed by atoms with Crippen molar-refractivity contribution >= 4 is 17.6 Å². The van der Waals surface area contributed by atoms with Gasteiger partial charge in [0, 0.05) is 11.4 Å². The van der Waals surface area contributed by atoms with Crippen molar-refractivity contribution in [3.05, 3.63) is 70.4 Å². The van der Waals surface area contributed by atoms with Crippen molar-refractivity contribution in [2.24, 2.45) is 0 Å². The maximum absolute atomic E-state index is 13.0. The van der Waals surface area contributed by atoms with Gasteiger partial charge in [-0.15, -0.1) is 0 Å². The average molecular weight is 351 g/mol. The molecule has 0 bridgehead atoms. The lowest BCUT2D eigenvalue weighted by Crippen LogP contribution is -2.46. The Labute approximate surface area is 151 Å². The van der Waals surface area contributed by atoms with Gasteiger partial charge in [0.05, 0.1) is 11.6 Å². The Balaban J connectivity index is 1.96. The smallest absolute Gasteiger partial charge is 0.319 e. The summed E-state index contributed by atoms with van der Waals surface area (Å²) in [5, 5.41) is 17.9. The molecule has 134 valence electrons. The Morgan fingerprint density at radius 1 is 1.08 bits per heavy atom. The van der Waals surface area contributed by atoms with Crippen LogP contribution in [0.2, 0.25) is 0 Å². The summed E-state index contributed by atoms with van der Waals surface area (Å²) in [7, 11) is 0. The molecular formula is C20H21N3O3. The predicted octanol–water partition coefficient (Wildman–Crippen LogP) is 3.28. The maximum atomic E-state index is 13.0. The molecule has 1 aliphatic heterocycles. The highest BCUT2D eigenvalue weighted by molar-refractivity contribution is 6.07. The van der Waals surface area contributed by atoms with Gasteiger partial charge in [-0.2, -0.15) is 0 Å². The first-order valence-electron chi connectivity index (χ1n) is 8.31. The summed E-state index contributed by atoms with van der Waals surface area (Å²) >= 11 is 0. The first-order chi connectivity index (χ1) is 12.4. The second-order valence-corrected chi connectivity index (χ2v) is 6.36. The molecule has 1 atom stereocenters. The van der Waals surface area contributed by atoms with Crippen molar-refractivity contribution in [3.8, 4) is 5.75 Å². The molecule has 0 radical (unpaired) electrons. The number of amides is 3. The fourth-order valence-corrected chi connectivity index (χ4v) is 2.99.